The first-order valence-corrected chi connectivity index (χ1v) is 6.50. The molecule has 1 heterocycles. The van der Waals surface area contributed by atoms with Gasteiger partial charge in [-0.1, -0.05) is 29.8 Å². The fraction of sp³-hybridized carbons (Fsp3) is 0.267. The Bertz CT molecular complexity index is 646. The van der Waals surface area contributed by atoms with Gasteiger partial charge in [0.1, 0.15) is 0 Å². The van der Waals surface area contributed by atoms with Crippen molar-refractivity contribution in [1.29, 1.82) is 0 Å². The zero-order valence-corrected chi connectivity index (χ0v) is 11.8. The molecule has 0 saturated heterocycles. The third-order valence-electron chi connectivity index (χ3n) is 2.95. The van der Waals surface area contributed by atoms with E-state index in [2.05, 4.69) is 10.3 Å². The lowest BCUT2D eigenvalue weighted by molar-refractivity contribution is -0.137. The second kappa shape index (κ2) is 6.21. The molecule has 0 radical (unpaired) electrons. The van der Waals surface area contributed by atoms with Crippen LogP contribution in [0.25, 0.3) is 11.3 Å². The van der Waals surface area contributed by atoms with E-state index in [1.165, 1.54) is 6.39 Å². The van der Waals surface area contributed by atoms with E-state index in [9.17, 15) is 9.59 Å². The second-order valence-corrected chi connectivity index (χ2v) is 4.87. The van der Waals surface area contributed by atoms with Crippen molar-refractivity contribution in [2.45, 2.75) is 26.3 Å². The molecule has 110 valence electrons. The molecule has 6 nitrogen and oxygen atoms in total. The quantitative estimate of drug-likeness (QED) is 0.880. The Morgan fingerprint density at radius 1 is 1.33 bits per heavy atom. The highest BCUT2D eigenvalue weighted by molar-refractivity contribution is 5.97. The first-order chi connectivity index (χ1) is 9.97. The van der Waals surface area contributed by atoms with Crippen molar-refractivity contribution in [2.24, 2.45) is 0 Å². The zero-order valence-electron chi connectivity index (χ0n) is 11.8. The van der Waals surface area contributed by atoms with Crippen LogP contribution in [0.5, 0.6) is 0 Å². The van der Waals surface area contributed by atoms with Crippen LogP contribution in [0.2, 0.25) is 0 Å². The van der Waals surface area contributed by atoms with Gasteiger partial charge in [-0.15, -0.1) is 0 Å². The molecule has 0 aliphatic heterocycles. The summed E-state index contributed by atoms with van der Waals surface area (Å²) in [6, 6.07) is 7.01. The number of hydrogen-bond acceptors (Lipinski definition) is 4. The normalized spacial score (nSPS) is 11.9. The van der Waals surface area contributed by atoms with Crippen LogP contribution >= 0.6 is 0 Å². The van der Waals surface area contributed by atoms with Crippen LogP contribution in [0, 0.1) is 6.92 Å². The Labute approximate surface area is 121 Å². The van der Waals surface area contributed by atoms with Crippen LogP contribution in [0.1, 0.15) is 29.4 Å². The maximum Gasteiger partial charge on any atom is 0.305 e. The van der Waals surface area contributed by atoms with Gasteiger partial charge in [0.05, 0.1) is 6.42 Å². The summed E-state index contributed by atoms with van der Waals surface area (Å²) in [5.41, 5.74) is 1.99. The van der Waals surface area contributed by atoms with E-state index in [1.807, 2.05) is 31.2 Å². The largest absolute Gasteiger partial charge is 0.481 e. The molecule has 1 unspecified atom stereocenters. The average Bonchev–Trinajstić information content (AvgIpc) is 2.87. The molecule has 0 aliphatic rings. The van der Waals surface area contributed by atoms with Crippen molar-refractivity contribution in [3.05, 3.63) is 41.9 Å². The van der Waals surface area contributed by atoms with E-state index in [1.54, 1.807) is 6.92 Å². The van der Waals surface area contributed by atoms with E-state index in [-0.39, 0.29) is 12.1 Å². The number of hydrogen-bond donors (Lipinski definition) is 2. The molecule has 1 aromatic carbocycles. The van der Waals surface area contributed by atoms with Crippen LogP contribution in [-0.4, -0.2) is 28.0 Å². The van der Waals surface area contributed by atoms with Crippen molar-refractivity contribution < 1.29 is 19.1 Å². The number of nitrogens with one attached hydrogen (secondary N) is 1. The average molecular weight is 288 g/mol. The predicted molar refractivity (Wildman–Crippen MR) is 75.9 cm³/mol. The standard InChI is InChI=1S/C15H16N2O4/c1-9-3-5-11(6-4-9)14-13(16-8-21-14)15(20)17-10(2)7-12(18)19/h3-6,8,10H,7H2,1-2H3,(H,17,20)(H,18,19). The number of carbonyl (C=O) groups is 2. The predicted octanol–water partition coefficient (Wildman–Crippen LogP) is 2.24. The third-order valence-corrected chi connectivity index (χ3v) is 2.95. The molecule has 1 atom stereocenters. The highest BCUT2D eigenvalue weighted by Gasteiger charge is 2.20. The van der Waals surface area contributed by atoms with E-state index in [0.29, 0.717) is 5.76 Å². The molecule has 0 aliphatic carbocycles. The Hall–Kier alpha value is -2.63. The lowest BCUT2D eigenvalue weighted by atomic mass is 10.1. The van der Waals surface area contributed by atoms with Gasteiger partial charge < -0.3 is 14.8 Å². The number of carbonyl (C=O) groups excluding carboxylic acids is 1. The van der Waals surface area contributed by atoms with Gasteiger partial charge in [0.25, 0.3) is 5.91 Å². The number of benzene rings is 1. The van der Waals surface area contributed by atoms with E-state index < -0.39 is 17.9 Å². The van der Waals surface area contributed by atoms with Gasteiger partial charge >= 0.3 is 5.97 Å². The number of nitrogens with zero attached hydrogens (tertiary/aromatic N) is 1. The summed E-state index contributed by atoms with van der Waals surface area (Å²) < 4.78 is 5.29. The molecule has 21 heavy (non-hydrogen) atoms. The summed E-state index contributed by atoms with van der Waals surface area (Å²) in [7, 11) is 0. The molecule has 1 aromatic heterocycles. The minimum absolute atomic E-state index is 0.149. The van der Waals surface area contributed by atoms with Gasteiger partial charge in [-0.05, 0) is 13.8 Å². The summed E-state index contributed by atoms with van der Waals surface area (Å²) in [6.45, 7) is 3.59. The summed E-state index contributed by atoms with van der Waals surface area (Å²) in [6.07, 6.45) is 1.05. The highest BCUT2D eigenvalue weighted by Crippen LogP contribution is 2.23. The van der Waals surface area contributed by atoms with Crippen molar-refractivity contribution in [3.8, 4) is 11.3 Å². The molecular formula is C15H16N2O4. The SMILES string of the molecule is Cc1ccc(-c2ocnc2C(=O)NC(C)CC(=O)O)cc1. The minimum atomic E-state index is -0.971. The van der Waals surface area contributed by atoms with Crippen LogP contribution in [0.15, 0.2) is 35.1 Å². The number of oxazole rings is 1. The van der Waals surface area contributed by atoms with Crippen molar-refractivity contribution in [2.75, 3.05) is 0 Å². The summed E-state index contributed by atoms with van der Waals surface area (Å²) in [5, 5.41) is 11.3. The number of amides is 1. The molecule has 2 rings (SSSR count). The molecule has 0 fully saturated rings. The maximum absolute atomic E-state index is 12.1. The van der Waals surface area contributed by atoms with E-state index >= 15 is 0 Å². The van der Waals surface area contributed by atoms with Gasteiger partial charge in [-0.3, -0.25) is 9.59 Å². The Morgan fingerprint density at radius 2 is 2.00 bits per heavy atom. The number of aromatic nitrogens is 1. The molecule has 6 heteroatoms. The molecule has 0 spiro atoms. The lowest BCUT2D eigenvalue weighted by Gasteiger charge is -2.10. The van der Waals surface area contributed by atoms with E-state index in [4.69, 9.17) is 9.52 Å². The monoisotopic (exact) mass is 288 g/mol. The zero-order chi connectivity index (χ0) is 15.4. The molecule has 0 bridgehead atoms. The van der Waals surface area contributed by atoms with Crippen molar-refractivity contribution in [3.63, 3.8) is 0 Å². The molecule has 1 amide bonds. The smallest absolute Gasteiger partial charge is 0.305 e. The Morgan fingerprint density at radius 3 is 2.62 bits per heavy atom. The summed E-state index contributed by atoms with van der Waals surface area (Å²) >= 11 is 0. The van der Waals surface area contributed by atoms with Gasteiger partial charge in [0.2, 0.25) is 0 Å². The fourth-order valence-electron chi connectivity index (χ4n) is 1.92. The Balaban J connectivity index is 2.18. The van der Waals surface area contributed by atoms with Gasteiger partial charge in [0, 0.05) is 11.6 Å². The van der Waals surface area contributed by atoms with Crippen LogP contribution in [0.3, 0.4) is 0 Å². The number of aliphatic carboxylic acids is 1. The van der Waals surface area contributed by atoms with Gasteiger partial charge in [0.15, 0.2) is 17.8 Å². The number of carboxylic acids is 1. The van der Waals surface area contributed by atoms with E-state index in [0.717, 1.165) is 11.1 Å². The van der Waals surface area contributed by atoms with Crippen LogP contribution in [-0.2, 0) is 4.79 Å². The molecule has 2 N–H and O–H groups in total. The first-order valence-electron chi connectivity index (χ1n) is 6.50. The molecular weight excluding hydrogens is 272 g/mol. The number of rotatable bonds is 5. The highest BCUT2D eigenvalue weighted by atomic mass is 16.4. The van der Waals surface area contributed by atoms with Gasteiger partial charge in [-0.25, -0.2) is 4.98 Å². The summed E-state index contributed by atoms with van der Waals surface area (Å²) in [5.74, 6) is -1.05. The van der Waals surface area contributed by atoms with Crippen LogP contribution in [0.4, 0.5) is 0 Å². The topological polar surface area (TPSA) is 92.4 Å². The number of aryl methyl sites for hydroxylation is 1. The van der Waals surface area contributed by atoms with Crippen LogP contribution < -0.4 is 5.32 Å². The second-order valence-electron chi connectivity index (χ2n) is 4.87. The number of carboxylic acid groups (broad SMARTS) is 1. The summed E-state index contributed by atoms with van der Waals surface area (Å²) in [4.78, 5) is 26.7. The minimum Gasteiger partial charge on any atom is -0.481 e. The first kappa shape index (κ1) is 14.8. The molecule has 2 aromatic rings. The van der Waals surface area contributed by atoms with Crippen molar-refractivity contribution in [1.82, 2.24) is 10.3 Å². The van der Waals surface area contributed by atoms with Crippen molar-refractivity contribution >= 4 is 11.9 Å². The Kier molecular flexibility index (Phi) is 4.37. The third kappa shape index (κ3) is 3.68. The van der Waals surface area contributed by atoms with Gasteiger partial charge in [-0.2, -0.15) is 0 Å². The fourth-order valence-corrected chi connectivity index (χ4v) is 1.92. The lowest BCUT2D eigenvalue weighted by Crippen LogP contribution is -2.34. The molecule has 0 saturated carbocycles. The maximum atomic E-state index is 12.1.